The highest BCUT2D eigenvalue weighted by Gasteiger charge is 2.14. The Morgan fingerprint density at radius 2 is 1.81 bits per heavy atom. The van der Waals surface area contributed by atoms with Crippen LogP contribution in [-0.2, 0) is 6.42 Å². The Bertz CT molecular complexity index is 555. The standard InChI is InChI=1S/C15H12S/c1-2-11-7-8-15-13(9-11)10-12-5-3-4-6-14(12)16-15/h2-9H,1,10H2. The van der Waals surface area contributed by atoms with Crippen molar-refractivity contribution >= 4 is 17.8 Å². The lowest BCUT2D eigenvalue weighted by Gasteiger charge is -2.18. The van der Waals surface area contributed by atoms with Crippen LogP contribution in [0.25, 0.3) is 6.08 Å². The number of hydrogen-bond donors (Lipinski definition) is 0. The van der Waals surface area contributed by atoms with Crippen LogP contribution < -0.4 is 0 Å². The molecule has 0 radical (unpaired) electrons. The molecular weight excluding hydrogens is 212 g/mol. The van der Waals surface area contributed by atoms with Gasteiger partial charge in [0.25, 0.3) is 0 Å². The molecule has 0 aliphatic carbocycles. The van der Waals surface area contributed by atoms with Gasteiger partial charge in [-0.1, -0.05) is 54.7 Å². The fraction of sp³-hybridized carbons (Fsp3) is 0.0667. The van der Waals surface area contributed by atoms with Crippen molar-refractivity contribution in [3.63, 3.8) is 0 Å². The highest BCUT2D eigenvalue weighted by Crippen LogP contribution is 2.39. The molecule has 0 atom stereocenters. The first-order valence-electron chi connectivity index (χ1n) is 5.38. The Morgan fingerprint density at radius 3 is 2.69 bits per heavy atom. The quantitative estimate of drug-likeness (QED) is 0.591. The fourth-order valence-corrected chi connectivity index (χ4v) is 3.09. The molecule has 16 heavy (non-hydrogen) atoms. The van der Waals surface area contributed by atoms with E-state index in [2.05, 4.69) is 49.0 Å². The largest absolute Gasteiger partial charge is 0.0985 e. The van der Waals surface area contributed by atoms with Gasteiger partial charge < -0.3 is 0 Å². The minimum Gasteiger partial charge on any atom is -0.0985 e. The average Bonchev–Trinajstić information content (AvgIpc) is 2.35. The summed E-state index contributed by atoms with van der Waals surface area (Å²) in [5.74, 6) is 0. The molecule has 0 unspecified atom stereocenters. The normalized spacial score (nSPS) is 12.8. The summed E-state index contributed by atoms with van der Waals surface area (Å²) in [6, 6.07) is 15.2. The van der Waals surface area contributed by atoms with E-state index in [1.807, 2.05) is 17.8 Å². The molecule has 0 aromatic heterocycles. The summed E-state index contributed by atoms with van der Waals surface area (Å²) in [6.45, 7) is 3.82. The minimum atomic E-state index is 1.04. The molecule has 0 spiro atoms. The van der Waals surface area contributed by atoms with Crippen LogP contribution in [0.4, 0.5) is 0 Å². The fourth-order valence-electron chi connectivity index (χ4n) is 2.04. The second-order valence-corrected chi connectivity index (χ2v) is 5.04. The second-order valence-electron chi connectivity index (χ2n) is 3.96. The molecule has 78 valence electrons. The molecule has 0 fully saturated rings. The van der Waals surface area contributed by atoms with E-state index in [1.165, 1.54) is 26.5 Å². The van der Waals surface area contributed by atoms with E-state index in [-0.39, 0.29) is 0 Å². The highest BCUT2D eigenvalue weighted by molar-refractivity contribution is 7.99. The van der Waals surface area contributed by atoms with Gasteiger partial charge in [0.1, 0.15) is 0 Å². The molecule has 0 nitrogen and oxygen atoms in total. The van der Waals surface area contributed by atoms with Crippen LogP contribution in [0.5, 0.6) is 0 Å². The zero-order valence-electron chi connectivity index (χ0n) is 8.94. The third kappa shape index (κ3) is 1.57. The number of hydrogen-bond acceptors (Lipinski definition) is 1. The Hall–Kier alpha value is -1.47. The zero-order chi connectivity index (χ0) is 11.0. The number of fused-ring (bicyclic) bond motifs is 2. The smallest absolute Gasteiger partial charge is 0.0158 e. The summed E-state index contributed by atoms with van der Waals surface area (Å²) in [5.41, 5.74) is 4.06. The monoisotopic (exact) mass is 224 g/mol. The van der Waals surface area contributed by atoms with E-state index >= 15 is 0 Å². The summed E-state index contributed by atoms with van der Waals surface area (Å²) >= 11 is 1.87. The first-order chi connectivity index (χ1) is 7.86. The van der Waals surface area contributed by atoms with Gasteiger partial charge in [-0.2, -0.15) is 0 Å². The molecular formula is C15H12S. The summed E-state index contributed by atoms with van der Waals surface area (Å²) in [4.78, 5) is 2.77. The van der Waals surface area contributed by atoms with Crippen molar-refractivity contribution < 1.29 is 0 Å². The van der Waals surface area contributed by atoms with Crippen molar-refractivity contribution in [2.45, 2.75) is 16.2 Å². The van der Waals surface area contributed by atoms with Crippen molar-refractivity contribution in [3.8, 4) is 0 Å². The summed E-state index contributed by atoms with van der Waals surface area (Å²) in [7, 11) is 0. The molecule has 0 amide bonds. The minimum absolute atomic E-state index is 1.04. The van der Waals surface area contributed by atoms with Crippen molar-refractivity contribution in [1.29, 1.82) is 0 Å². The summed E-state index contributed by atoms with van der Waals surface area (Å²) in [6.07, 6.45) is 2.95. The predicted molar refractivity (Wildman–Crippen MR) is 69.9 cm³/mol. The lowest BCUT2D eigenvalue weighted by atomic mass is 10.0. The Kier molecular flexibility index (Phi) is 2.33. The van der Waals surface area contributed by atoms with Gasteiger partial charge in [0.05, 0.1) is 0 Å². The topological polar surface area (TPSA) is 0 Å². The maximum Gasteiger partial charge on any atom is 0.0158 e. The molecule has 2 aromatic carbocycles. The summed E-state index contributed by atoms with van der Waals surface area (Å²) in [5, 5.41) is 0. The van der Waals surface area contributed by atoms with E-state index < -0.39 is 0 Å². The lowest BCUT2D eigenvalue weighted by molar-refractivity contribution is 1.05. The molecule has 0 N–H and O–H groups in total. The molecule has 1 aliphatic rings. The van der Waals surface area contributed by atoms with E-state index in [4.69, 9.17) is 0 Å². The first kappa shape index (κ1) is 9.73. The van der Waals surface area contributed by atoms with Gasteiger partial charge in [-0.15, -0.1) is 0 Å². The number of rotatable bonds is 1. The Labute approximate surface area is 100 Å². The van der Waals surface area contributed by atoms with Gasteiger partial charge in [-0.3, -0.25) is 0 Å². The van der Waals surface area contributed by atoms with Crippen molar-refractivity contribution in [1.82, 2.24) is 0 Å². The van der Waals surface area contributed by atoms with E-state index in [9.17, 15) is 0 Å². The Morgan fingerprint density at radius 1 is 1.00 bits per heavy atom. The zero-order valence-corrected chi connectivity index (χ0v) is 9.76. The van der Waals surface area contributed by atoms with Crippen molar-refractivity contribution in [3.05, 3.63) is 65.7 Å². The van der Waals surface area contributed by atoms with E-state index in [0.717, 1.165) is 6.42 Å². The molecule has 0 saturated heterocycles. The molecule has 2 aromatic rings. The highest BCUT2D eigenvalue weighted by atomic mass is 32.2. The van der Waals surface area contributed by atoms with Crippen molar-refractivity contribution in [2.75, 3.05) is 0 Å². The van der Waals surface area contributed by atoms with Crippen molar-refractivity contribution in [2.24, 2.45) is 0 Å². The van der Waals surface area contributed by atoms with Crippen LogP contribution >= 0.6 is 11.8 Å². The van der Waals surface area contributed by atoms with Gasteiger partial charge in [0, 0.05) is 9.79 Å². The predicted octanol–water partition coefficient (Wildman–Crippen LogP) is 4.39. The van der Waals surface area contributed by atoms with Crippen LogP contribution in [0.2, 0.25) is 0 Å². The molecule has 0 saturated carbocycles. The SMILES string of the molecule is C=Cc1ccc2c(c1)Cc1ccccc1S2. The van der Waals surface area contributed by atoms with Crippen LogP contribution in [0.3, 0.4) is 0 Å². The molecule has 1 heterocycles. The third-order valence-corrected chi connectivity index (χ3v) is 4.13. The molecule has 1 aliphatic heterocycles. The van der Waals surface area contributed by atoms with Gasteiger partial charge in [0.15, 0.2) is 0 Å². The van der Waals surface area contributed by atoms with Gasteiger partial charge in [0.2, 0.25) is 0 Å². The van der Waals surface area contributed by atoms with Crippen LogP contribution in [0, 0.1) is 0 Å². The van der Waals surface area contributed by atoms with Crippen LogP contribution in [0.15, 0.2) is 58.8 Å². The van der Waals surface area contributed by atoms with Gasteiger partial charge in [-0.05, 0) is 35.2 Å². The maximum atomic E-state index is 3.82. The van der Waals surface area contributed by atoms with E-state index in [0.29, 0.717) is 0 Å². The second kappa shape index (κ2) is 3.84. The van der Waals surface area contributed by atoms with Gasteiger partial charge in [-0.25, -0.2) is 0 Å². The lowest BCUT2D eigenvalue weighted by Crippen LogP contribution is -1.99. The van der Waals surface area contributed by atoms with Gasteiger partial charge >= 0.3 is 0 Å². The van der Waals surface area contributed by atoms with Crippen LogP contribution in [-0.4, -0.2) is 0 Å². The molecule has 1 heteroatoms. The molecule has 3 rings (SSSR count). The van der Waals surface area contributed by atoms with Crippen LogP contribution in [0.1, 0.15) is 16.7 Å². The summed E-state index contributed by atoms with van der Waals surface area (Å²) < 4.78 is 0. The molecule has 0 bridgehead atoms. The Balaban J connectivity index is 2.08. The third-order valence-electron chi connectivity index (χ3n) is 2.89. The average molecular weight is 224 g/mol. The number of benzene rings is 2. The van der Waals surface area contributed by atoms with E-state index in [1.54, 1.807) is 0 Å². The maximum absolute atomic E-state index is 3.82. The first-order valence-corrected chi connectivity index (χ1v) is 6.19.